The molecule has 0 aliphatic heterocycles. The summed E-state index contributed by atoms with van der Waals surface area (Å²) in [7, 11) is 0. The predicted molar refractivity (Wildman–Crippen MR) is 116 cm³/mol. The summed E-state index contributed by atoms with van der Waals surface area (Å²) in [4.78, 5) is 24.0. The topological polar surface area (TPSA) is 84.9 Å². The third-order valence-electron chi connectivity index (χ3n) is 5.60. The minimum Gasteiger partial charge on any atom is -0.480 e. The lowest BCUT2D eigenvalue weighted by Gasteiger charge is -2.18. The number of carbonyl (C=O) groups is 2. The van der Waals surface area contributed by atoms with E-state index in [9.17, 15) is 32.3 Å². The molecule has 182 valence electrons. The van der Waals surface area contributed by atoms with Crippen molar-refractivity contribution in [3.05, 3.63) is 89.2 Å². The first-order chi connectivity index (χ1) is 16.6. The molecule has 3 aromatic rings. The van der Waals surface area contributed by atoms with E-state index >= 15 is 0 Å². The number of ether oxygens (including phenoxy) is 2. The van der Waals surface area contributed by atoms with Crippen LogP contribution >= 0.6 is 0 Å². The second kappa shape index (κ2) is 9.65. The Morgan fingerprint density at radius 1 is 0.971 bits per heavy atom. The van der Waals surface area contributed by atoms with Gasteiger partial charge in [0.1, 0.15) is 12.6 Å². The molecule has 0 saturated carbocycles. The Labute approximate surface area is 197 Å². The summed E-state index contributed by atoms with van der Waals surface area (Å²) in [5.41, 5.74) is 4.06. The Kier molecular flexibility index (Phi) is 6.63. The van der Waals surface area contributed by atoms with Crippen molar-refractivity contribution in [2.75, 3.05) is 6.61 Å². The van der Waals surface area contributed by atoms with Gasteiger partial charge in [-0.05, 0) is 39.9 Å². The highest BCUT2D eigenvalue weighted by Gasteiger charge is 2.33. The Morgan fingerprint density at radius 2 is 1.57 bits per heavy atom. The normalized spacial score (nSPS) is 13.5. The molecule has 0 fully saturated rings. The number of carboxylic acid groups (broad SMARTS) is 1. The second-order valence-corrected chi connectivity index (χ2v) is 7.88. The van der Waals surface area contributed by atoms with Crippen molar-refractivity contribution in [1.29, 1.82) is 0 Å². The minimum atomic E-state index is -5.07. The molecule has 0 bridgehead atoms. The predicted octanol–water partition coefficient (Wildman–Crippen LogP) is 5.26. The number of carboxylic acids is 1. The van der Waals surface area contributed by atoms with Crippen LogP contribution in [0.4, 0.5) is 22.4 Å². The number of alkyl halides is 3. The quantitative estimate of drug-likeness (QED) is 0.443. The van der Waals surface area contributed by atoms with E-state index in [0.717, 1.165) is 40.5 Å². The summed E-state index contributed by atoms with van der Waals surface area (Å²) < 4.78 is 59.7. The number of hydrogen-bond acceptors (Lipinski definition) is 4. The van der Waals surface area contributed by atoms with Gasteiger partial charge < -0.3 is 19.9 Å². The summed E-state index contributed by atoms with van der Waals surface area (Å²) in [6, 6.07) is 16.4. The van der Waals surface area contributed by atoms with E-state index in [-0.39, 0.29) is 24.5 Å². The average Bonchev–Trinajstić information content (AvgIpc) is 3.12. The van der Waals surface area contributed by atoms with Gasteiger partial charge in [0.2, 0.25) is 0 Å². The molecule has 1 amide bonds. The van der Waals surface area contributed by atoms with Crippen LogP contribution in [0.5, 0.6) is 5.75 Å². The highest BCUT2D eigenvalue weighted by atomic mass is 19.4. The van der Waals surface area contributed by atoms with Crippen molar-refractivity contribution in [2.24, 2.45) is 0 Å². The molecule has 0 spiro atoms. The SMILES string of the molecule is O=C(NC(Cc1ccc(OC(F)(F)F)c(F)c1)C(=O)O)OCC1c2ccccc2-c2ccccc21. The molecule has 4 rings (SSSR count). The summed E-state index contributed by atoms with van der Waals surface area (Å²) in [6.07, 6.45) is -6.45. The fourth-order valence-electron chi connectivity index (χ4n) is 4.10. The average molecular weight is 489 g/mol. The zero-order chi connectivity index (χ0) is 25.2. The van der Waals surface area contributed by atoms with Gasteiger partial charge in [-0.1, -0.05) is 54.6 Å². The van der Waals surface area contributed by atoms with E-state index in [1.807, 2.05) is 48.5 Å². The van der Waals surface area contributed by atoms with Gasteiger partial charge in [0.05, 0.1) is 0 Å². The summed E-state index contributed by atoms with van der Waals surface area (Å²) in [6.45, 7) is -0.0374. The van der Waals surface area contributed by atoms with Crippen molar-refractivity contribution < 1.29 is 41.7 Å². The van der Waals surface area contributed by atoms with Gasteiger partial charge in [-0.2, -0.15) is 0 Å². The first kappa shape index (κ1) is 24.1. The van der Waals surface area contributed by atoms with Gasteiger partial charge in [-0.15, -0.1) is 13.2 Å². The molecular formula is C25H19F4NO5. The van der Waals surface area contributed by atoms with E-state index < -0.39 is 36.0 Å². The number of carbonyl (C=O) groups excluding carboxylic acids is 1. The maximum absolute atomic E-state index is 13.9. The van der Waals surface area contributed by atoms with E-state index in [2.05, 4.69) is 10.1 Å². The molecule has 6 nitrogen and oxygen atoms in total. The standard InChI is InChI=1S/C25H19F4NO5/c26-20-11-14(9-10-22(20)35-25(27,28)29)12-21(23(31)32)30-24(33)34-13-19-17-7-3-1-5-15(17)16-6-2-4-8-18(16)19/h1-11,19,21H,12-13H2,(H,30,33)(H,31,32). The molecule has 1 atom stereocenters. The third kappa shape index (κ3) is 5.53. The van der Waals surface area contributed by atoms with Crippen LogP contribution in [0.15, 0.2) is 66.7 Å². The molecule has 1 aliphatic rings. The van der Waals surface area contributed by atoms with Gasteiger partial charge in [0, 0.05) is 12.3 Å². The first-order valence-electron chi connectivity index (χ1n) is 10.5. The Morgan fingerprint density at radius 3 is 2.11 bits per heavy atom. The van der Waals surface area contributed by atoms with Gasteiger partial charge >= 0.3 is 18.4 Å². The number of alkyl carbamates (subject to hydrolysis) is 1. The fraction of sp³-hybridized carbons (Fsp3) is 0.200. The molecule has 1 unspecified atom stereocenters. The van der Waals surface area contributed by atoms with Crippen LogP contribution in [0.2, 0.25) is 0 Å². The molecule has 3 aromatic carbocycles. The molecule has 10 heteroatoms. The number of halogens is 4. The maximum atomic E-state index is 13.9. The molecular weight excluding hydrogens is 470 g/mol. The van der Waals surface area contributed by atoms with E-state index in [0.29, 0.717) is 0 Å². The van der Waals surface area contributed by atoms with Crippen LogP contribution in [0, 0.1) is 5.82 Å². The monoisotopic (exact) mass is 489 g/mol. The number of benzene rings is 3. The first-order valence-corrected chi connectivity index (χ1v) is 10.5. The van der Waals surface area contributed by atoms with Crippen molar-refractivity contribution in [3.63, 3.8) is 0 Å². The van der Waals surface area contributed by atoms with Crippen molar-refractivity contribution in [1.82, 2.24) is 5.32 Å². The molecule has 0 aromatic heterocycles. The molecule has 0 heterocycles. The van der Waals surface area contributed by atoms with Gasteiger partial charge in [0.25, 0.3) is 0 Å². The zero-order valence-corrected chi connectivity index (χ0v) is 18.0. The van der Waals surface area contributed by atoms with E-state index in [4.69, 9.17) is 4.74 Å². The second-order valence-electron chi connectivity index (χ2n) is 7.88. The van der Waals surface area contributed by atoms with E-state index in [1.54, 1.807) is 0 Å². The van der Waals surface area contributed by atoms with Gasteiger partial charge in [-0.25, -0.2) is 14.0 Å². The largest absolute Gasteiger partial charge is 0.573 e. The van der Waals surface area contributed by atoms with E-state index in [1.165, 1.54) is 0 Å². The Bertz CT molecular complexity index is 1220. The fourth-order valence-corrected chi connectivity index (χ4v) is 4.10. The summed E-state index contributed by atoms with van der Waals surface area (Å²) >= 11 is 0. The summed E-state index contributed by atoms with van der Waals surface area (Å²) in [5, 5.41) is 11.7. The lowest BCUT2D eigenvalue weighted by molar-refractivity contribution is -0.275. The number of hydrogen-bond donors (Lipinski definition) is 2. The molecule has 35 heavy (non-hydrogen) atoms. The van der Waals surface area contributed by atoms with Gasteiger partial charge in [0.15, 0.2) is 11.6 Å². The highest BCUT2D eigenvalue weighted by molar-refractivity contribution is 5.81. The van der Waals surface area contributed by atoms with Crippen LogP contribution in [0.1, 0.15) is 22.6 Å². The van der Waals surface area contributed by atoms with Crippen LogP contribution in [0.25, 0.3) is 11.1 Å². The zero-order valence-electron chi connectivity index (χ0n) is 18.0. The van der Waals surface area contributed by atoms with Crippen molar-refractivity contribution in [3.8, 4) is 16.9 Å². The Balaban J connectivity index is 1.41. The molecule has 0 saturated heterocycles. The number of amides is 1. The van der Waals surface area contributed by atoms with Gasteiger partial charge in [-0.3, -0.25) is 0 Å². The third-order valence-corrected chi connectivity index (χ3v) is 5.60. The lowest BCUT2D eigenvalue weighted by atomic mass is 9.98. The lowest BCUT2D eigenvalue weighted by Crippen LogP contribution is -2.42. The summed E-state index contributed by atoms with van der Waals surface area (Å²) in [5.74, 6) is -4.01. The van der Waals surface area contributed by atoms with Crippen LogP contribution in [-0.2, 0) is 16.0 Å². The number of aliphatic carboxylic acids is 1. The van der Waals surface area contributed by atoms with Crippen LogP contribution < -0.4 is 10.1 Å². The molecule has 2 N–H and O–H groups in total. The molecule has 0 radical (unpaired) electrons. The smallest absolute Gasteiger partial charge is 0.480 e. The van der Waals surface area contributed by atoms with Crippen LogP contribution in [0.3, 0.4) is 0 Å². The minimum absolute atomic E-state index is 0.0374. The highest BCUT2D eigenvalue weighted by Crippen LogP contribution is 2.44. The number of fused-ring (bicyclic) bond motifs is 3. The number of nitrogens with one attached hydrogen (secondary N) is 1. The number of rotatable bonds is 7. The maximum Gasteiger partial charge on any atom is 0.573 e. The van der Waals surface area contributed by atoms with Crippen molar-refractivity contribution >= 4 is 12.1 Å². The Hall–Kier alpha value is -4.08. The van der Waals surface area contributed by atoms with Crippen LogP contribution in [-0.4, -0.2) is 36.2 Å². The molecule has 1 aliphatic carbocycles. The van der Waals surface area contributed by atoms with Crippen molar-refractivity contribution in [2.45, 2.75) is 24.7 Å².